The van der Waals surface area contributed by atoms with Gasteiger partial charge in [-0.05, 0) is 35.4 Å². The summed E-state index contributed by atoms with van der Waals surface area (Å²) in [5, 5.41) is 41.9. The topological polar surface area (TPSA) is 119 Å². The Kier molecular flexibility index (Phi) is 8.83. The number of hydrogen-bond donors (Lipinski definition) is 0. The maximum Gasteiger partial charge on any atom is 0.417 e. The molecule has 18 heteroatoms. The van der Waals surface area contributed by atoms with E-state index < -0.39 is 108 Å². The molecule has 0 aliphatic heterocycles. The lowest BCUT2D eigenvalue weighted by atomic mass is 9.92. The van der Waals surface area contributed by atoms with E-state index >= 15 is 17.6 Å². The summed E-state index contributed by atoms with van der Waals surface area (Å²) in [6.45, 7) is 0. The molecular formula is C28H4F13N5. The Hall–Kier alpha value is -6.06. The molecule has 3 aromatic rings. The number of halogens is 13. The van der Waals surface area contributed by atoms with Crippen molar-refractivity contribution in [3.63, 3.8) is 0 Å². The molecule has 0 atom stereocenters. The normalized spacial score (nSPS) is 11.5. The fourth-order valence-corrected chi connectivity index (χ4v) is 4.17. The molecule has 0 saturated heterocycles. The van der Waals surface area contributed by atoms with Crippen LogP contribution < -0.4 is 10.4 Å². The average Bonchev–Trinajstić information content (AvgIpc) is 2.97. The fraction of sp³-hybridized carbons (Fsp3) is 0.107. The van der Waals surface area contributed by atoms with E-state index in [4.69, 9.17) is 10.5 Å². The predicted molar refractivity (Wildman–Crippen MR) is 124 cm³/mol. The minimum absolute atomic E-state index is 0.0541. The molecule has 0 aliphatic carbocycles. The van der Waals surface area contributed by atoms with E-state index in [1.54, 1.807) is 0 Å². The van der Waals surface area contributed by atoms with E-state index in [2.05, 4.69) is 0 Å². The molecule has 3 rings (SSSR count). The lowest BCUT2D eigenvalue weighted by Gasteiger charge is -2.17. The Balaban J connectivity index is 2.65. The van der Waals surface area contributed by atoms with Gasteiger partial charge in [0.2, 0.25) is 0 Å². The lowest BCUT2D eigenvalue weighted by Crippen LogP contribution is -2.32. The van der Waals surface area contributed by atoms with Crippen LogP contribution in [0.4, 0.5) is 57.1 Å². The summed E-state index contributed by atoms with van der Waals surface area (Å²) < 4.78 is 183. The quantitative estimate of drug-likeness (QED) is 0.235. The van der Waals surface area contributed by atoms with Gasteiger partial charge in [0.05, 0.1) is 55.0 Å². The van der Waals surface area contributed by atoms with Crippen molar-refractivity contribution in [3.8, 4) is 30.3 Å². The van der Waals surface area contributed by atoms with Crippen molar-refractivity contribution in [3.05, 3.63) is 102 Å². The summed E-state index contributed by atoms with van der Waals surface area (Å²) in [6.07, 6.45) is -16.9. The van der Waals surface area contributed by atoms with Crippen LogP contribution in [0, 0.1) is 79.9 Å². The van der Waals surface area contributed by atoms with E-state index in [0.717, 1.165) is 18.2 Å². The van der Waals surface area contributed by atoms with Crippen molar-refractivity contribution < 1.29 is 57.1 Å². The Labute approximate surface area is 246 Å². The molecule has 0 heterocycles. The van der Waals surface area contributed by atoms with Gasteiger partial charge in [-0.25, -0.2) is 17.6 Å². The molecule has 3 aromatic carbocycles. The van der Waals surface area contributed by atoms with Gasteiger partial charge >= 0.3 is 18.5 Å². The van der Waals surface area contributed by atoms with E-state index in [1.165, 1.54) is 6.07 Å². The van der Waals surface area contributed by atoms with Gasteiger partial charge in [0, 0.05) is 0 Å². The van der Waals surface area contributed by atoms with Crippen molar-refractivity contribution in [1.29, 1.82) is 26.3 Å². The van der Waals surface area contributed by atoms with Gasteiger partial charge in [0.15, 0.2) is 23.3 Å². The van der Waals surface area contributed by atoms with E-state index in [0.29, 0.717) is 12.1 Å². The smallest absolute Gasteiger partial charge is 0.203 e. The fourth-order valence-electron chi connectivity index (χ4n) is 4.17. The highest BCUT2D eigenvalue weighted by Gasteiger charge is 2.42. The first-order chi connectivity index (χ1) is 21.2. The van der Waals surface area contributed by atoms with Crippen molar-refractivity contribution in [2.24, 2.45) is 0 Å². The van der Waals surface area contributed by atoms with Gasteiger partial charge in [-0.2, -0.15) is 65.8 Å². The molecule has 0 saturated carbocycles. The number of hydrogen-bond acceptors (Lipinski definition) is 5. The molecule has 0 amide bonds. The highest BCUT2D eigenvalue weighted by Crippen LogP contribution is 2.41. The predicted octanol–water partition coefficient (Wildman–Crippen LogP) is 6.36. The molecule has 232 valence electrons. The monoisotopic (exact) mass is 657 g/mol. The molecular weight excluding hydrogens is 653 g/mol. The lowest BCUT2D eigenvalue weighted by molar-refractivity contribution is -0.143. The van der Waals surface area contributed by atoms with Crippen LogP contribution in [0.1, 0.15) is 44.5 Å². The van der Waals surface area contributed by atoms with E-state index in [-0.39, 0.29) is 18.2 Å². The van der Waals surface area contributed by atoms with Crippen LogP contribution in [0.5, 0.6) is 0 Å². The highest BCUT2D eigenvalue weighted by molar-refractivity contribution is 5.80. The summed E-state index contributed by atoms with van der Waals surface area (Å²) >= 11 is 0. The Morgan fingerprint density at radius 2 is 0.761 bits per heavy atom. The molecule has 0 aliphatic rings. The molecule has 46 heavy (non-hydrogen) atoms. The number of nitriles is 5. The van der Waals surface area contributed by atoms with Crippen LogP contribution in [0.2, 0.25) is 0 Å². The standard InChI is InChI=1S/C28H4F13N5/c29-22-20(14(7-44)10-1-12(5-42)13(6-43)17(2-10)26(33,34)35)23(30)25(32)21(24(22)31)15(8-45)11-3-18(27(36,37)38)16(9-46)19(4-11)28(39,40)41/h1-4H. The zero-order valence-corrected chi connectivity index (χ0v) is 21.5. The molecule has 0 spiro atoms. The number of benzene rings is 3. The maximum absolute atomic E-state index is 15.3. The van der Waals surface area contributed by atoms with Crippen molar-refractivity contribution in [2.75, 3.05) is 0 Å². The zero-order valence-electron chi connectivity index (χ0n) is 21.5. The van der Waals surface area contributed by atoms with E-state index in [9.17, 15) is 55.3 Å². The van der Waals surface area contributed by atoms with Gasteiger partial charge in [-0.15, -0.1) is 0 Å². The van der Waals surface area contributed by atoms with Crippen LogP contribution in [-0.4, -0.2) is 0 Å². The summed E-state index contributed by atoms with van der Waals surface area (Å²) in [5.74, 6) is -10.7. The summed E-state index contributed by atoms with van der Waals surface area (Å²) in [5.41, 5.74) is -17.3. The largest absolute Gasteiger partial charge is 0.417 e. The van der Waals surface area contributed by atoms with Gasteiger partial charge in [0.25, 0.3) is 0 Å². The van der Waals surface area contributed by atoms with Crippen molar-refractivity contribution in [1.82, 2.24) is 0 Å². The van der Waals surface area contributed by atoms with Gasteiger partial charge < -0.3 is 0 Å². The van der Waals surface area contributed by atoms with Crippen LogP contribution in [0.15, 0.2) is 24.3 Å². The third kappa shape index (κ3) is 5.87. The second-order valence-corrected chi connectivity index (χ2v) is 8.70. The number of nitrogens with zero attached hydrogens (tertiary/aromatic N) is 5. The third-order valence-electron chi connectivity index (χ3n) is 6.10. The molecule has 0 radical (unpaired) electrons. The van der Waals surface area contributed by atoms with Crippen LogP contribution in [0.3, 0.4) is 0 Å². The van der Waals surface area contributed by atoms with E-state index in [1.807, 2.05) is 0 Å². The first kappa shape index (κ1) is 34.4. The first-order valence-electron chi connectivity index (χ1n) is 11.4. The maximum atomic E-state index is 15.3. The van der Waals surface area contributed by atoms with Gasteiger partial charge in [0.1, 0.15) is 30.3 Å². The molecule has 0 bridgehead atoms. The SMILES string of the molecule is N#CC(c1cc(C#N)c(C#N)c(C(F)(F)F)c1)=c1c(F)c(F)c(=C(C#N)c2cc(C(F)(F)F)c(C#N)c(C(F)(F)F)c2)c(F)c1F. The molecule has 0 N–H and O–H groups in total. The number of alkyl halides is 9. The Morgan fingerprint density at radius 1 is 0.457 bits per heavy atom. The first-order valence-corrected chi connectivity index (χ1v) is 11.4. The zero-order chi connectivity index (χ0) is 35.1. The second-order valence-electron chi connectivity index (χ2n) is 8.70. The molecule has 0 aromatic heterocycles. The average molecular weight is 657 g/mol. The summed E-state index contributed by atoms with van der Waals surface area (Å²) in [6, 6.07) is 4.38. The third-order valence-corrected chi connectivity index (χ3v) is 6.10. The van der Waals surface area contributed by atoms with Gasteiger partial charge in [-0.1, -0.05) is 0 Å². The van der Waals surface area contributed by atoms with Crippen molar-refractivity contribution in [2.45, 2.75) is 18.5 Å². The minimum atomic E-state index is -5.74. The van der Waals surface area contributed by atoms with Crippen LogP contribution >= 0.6 is 0 Å². The Morgan fingerprint density at radius 3 is 1.02 bits per heavy atom. The van der Waals surface area contributed by atoms with Crippen molar-refractivity contribution >= 4 is 11.1 Å². The van der Waals surface area contributed by atoms with Gasteiger partial charge in [-0.3, -0.25) is 0 Å². The number of rotatable bonds is 2. The Bertz CT molecular complexity index is 2090. The molecule has 0 fully saturated rings. The highest BCUT2D eigenvalue weighted by atomic mass is 19.4. The second kappa shape index (κ2) is 11.8. The molecule has 5 nitrogen and oxygen atoms in total. The van der Waals surface area contributed by atoms with Crippen LogP contribution in [-0.2, 0) is 18.5 Å². The molecule has 0 unspecified atom stereocenters. The summed E-state index contributed by atoms with van der Waals surface area (Å²) in [7, 11) is 0. The minimum Gasteiger partial charge on any atom is -0.203 e. The summed E-state index contributed by atoms with van der Waals surface area (Å²) in [4.78, 5) is 0. The van der Waals surface area contributed by atoms with Crippen LogP contribution in [0.25, 0.3) is 11.1 Å².